The van der Waals surface area contributed by atoms with Crippen LogP contribution in [-0.2, 0) is 6.42 Å². The van der Waals surface area contributed by atoms with E-state index < -0.39 is 11.7 Å². The van der Waals surface area contributed by atoms with Crippen molar-refractivity contribution in [3.63, 3.8) is 0 Å². The summed E-state index contributed by atoms with van der Waals surface area (Å²) in [5.74, 6) is -1.06. The molecule has 0 spiro atoms. The molecular weight excluding hydrogens is 411 g/mol. The Hall–Kier alpha value is -3.76. The molecule has 3 aromatic rings. The van der Waals surface area contributed by atoms with Crippen LogP contribution < -0.4 is 16.0 Å². The van der Waals surface area contributed by atoms with Gasteiger partial charge < -0.3 is 16.0 Å². The molecule has 5 nitrogen and oxygen atoms in total. The van der Waals surface area contributed by atoms with Crippen molar-refractivity contribution in [3.8, 4) is 6.07 Å². The molecular formula is C24H21FN4OS. The highest BCUT2D eigenvalue weighted by Crippen LogP contribution is 2.21. The molecule has 0 saturated carbocycles. The maximum Gasteiger partial charge on any atom is 0.258 e. The van der Waals surface area contributed by atoms with Crippen molar-refractivity contribution < 1.29 is 9.18 Å². The number of thiocarbonyl (C=S) groups is 1. The molecule has 0 bridgehead atoms. The molecule has 1 amide bonds. The average Bonchev–Trinajstić information content (AvgIpc) is 2.76. The topological polar surface area (TPSA) is 76.9 Å². The van der Waals surface area contributed by atoms with Gasteiger partial charge in [-0.3, -0.25) is 4.79 Å². The van der Waals surface area contributed by atoms with Gasteiger partial charge in [-0.2, -0.15) is 5.26 Å². The van der Waals surface area contributed by atoms with Crippen LogP contribution in [0, 0.1) is 24.1 Å². The molecule has 3 aromatic carbocycles. The maximum absolute atomic E-state index is 13.8. The van der Waals surface area contributed by atoms with Crippen LogP contribution in [-0.4, -0.2) is 17.6 Å². The number of amides is 1. The fourth-order valence-electron chi connectivity index (χ4n) is 2.96. The molecule has 156 valence electrons. The third-order valence-electron chi connectivity index (χ3n) is 4.63. The van der Waals surface area contributed by atoms with E-state index in [1.165, 1.54) is 12.1 Å². The van der Waals surface area contributed by atoms with Crippen LogP contribution in [0.4, 0.5) is 15.8 Å². The van der Waals surface area contributed by atoms with Gasteiger partial charge in [0, 0.05) is 17.9 Å². The van der Waals surface area contributed by atoms with E-state index in [1.54, 1.807) is 36.4 Å². The Morgan fingerprint density at radius 2 is 1.81 bits per heavy atom. The Labute approximate surface area is 185 Å². The number of carbonyl (C=O) groups excluding carboxylic acids is 1. The zero-order valence-electron chi connectivity index (χ0n) is 16.9. The fourth-order valence-corrected chi connectivity index (χ4v) is 3.18. The summed E-state index contributed by atoms with van der Waals surface area (Å²) in [5, 5.41) is 18.3. The van der Waals surface area contributed by atoms with Crippen LogP contribution >= 0.6 is 12.2 Å². The Morgan fingerprint density at radius 3 is 2.48 bits per heavy atom. The van der Waals surface area contributed by atoms with Crippen molar-refractivity contribution in [2.24, 2.45) is 0 Å². The summed E-state index contributed by atoms with van der Waals surface area (Å²) in [6.45, 7) is 2.50. The van der Waals surface area contributed by atoms with Gasteiger partial charge in [0.1, 0.15) is 5.82 Å². The largest absolute Gasteiger partial charge is 0.362 e. The Morgan fingerprint density at radius 1 is 1.06 bits per heavy atom. The van der Waals surface area contributed by atoms with E-state index in [4.69, 9.17) is 17.5 Å². The van der Waals surface area contributed by atoms with Crippen molar-refractivity contribution in [1.29, 1.82) is 5.26 Å². The second kappa shape index (κ2) is 10.3. The van der Waals surface area contributed by atoms with Crippen molar-refractivity contribution in [3.05, 3.63) is 94.8 Å². The SMILES string of the molecule is Cc1cc(NC(=S)NCCc2ccc(C#N)cc2)ccc1NC(=O)c1ccccc1F. The first-order valence-corrected chi connectivity index (χ1v) is 10.1. The van der Waals surface area contributed by atoms with Gasteiger partial charge in [0.15, 0.2) is 5.11 Å². The summed E-state index contributed by atoms with van der Waals surface area (Å²) < 4.78 is 13.8. The number of aryl methyl sites for hydroxylation is 1. The molecule has 0 saturated heterocycles. The van der Waals surface area contributed by atoms with Crippen LogP contribution in [0.3, 0.4) is 0 Å². The standard InChI is InChI=1S/C24H21FN4OS/c1-16-14-19(10-11-22(16)29-23(30)20-4-2-3-5-21(20)25)28-24(31)27-13-12-17-6-8-18(15-26)9-7-17/h2-11,14H,12-13H2,1H3,(H,29,30)(H2,27,28,31). The van der Waals surface area contributed by atoms with Crippen LogP contribution in [0.25, 0.3) is 0 Å². The maximum atomic E-state index is 13.8. The highest BCUT2D eigenvalue weighted by Gasteiger charge is 2.12. The molecule has 0 aromatic heterocycles. The van der Waals surface area contributed by atoms with Crippen LogP contribution in [0.15, 0.2) is 66.7 Å². The first-order valence-electron chi connectivity index (χ1n) is 9.66. The van der Waals surface area contributed by atoms with Crippen molar-refractivity contribution in [2.45, 2.75) is 13.3 Å². The number of hydrogen-bond acceptors (Lipinski definition) is 3. The van der Waals surface area contributed by atoms with Gasteiger partial charge in [-0.25, -0.2) is 4.39 Å². The number of rotatable bonds is 6. The Bertz CT molecular complexity index is 1140. The van der Waals surface area contributed by atoms with Crippen LogP contribution in [0.1, 0.15) is 27.0 Å². The smallest absolute Gasteiger partial charge is 0.258 e. The normalized spacial score (nSPS) is 10.1. The lowest BCUT2D eigenvalue weighted by atomic mass is 10.1. The quantitative estimate of drug-likeness (QED) is 0.489. The molecule has 0 aliphatic heterocycles. The Balaban J connectivity index is 1.52. The molecule has 0 atom stereocenters. The number of anilines is 2. The van der Waals surface area contributed by atoms with Gasteiger partial charge in [-0.1, -0.05) is 24.3 Å². The van der Waals surface area contributed by atoms with Gasteiger partial charge in [0.05, 0.1) is 17.2 Å². The second-order valence-corrected chi connectivity index (χ2v) is 7.31. The van der Waals surface area contributed by atoms with Gasteiger partial charge in [-0.15, -0.1) is 0 Å². The van der Waals surface area contributed by atoms with E-state index >= 15 is 0 Å². The lowest BCUT2D eigenvalue weighted by molar-refractivity contribution is 0.102. The third-order valence-corrected chi connectivity index (χ3v) is 4.88. The summed E-state index contributed by atoms with van der Waals surface area (Å²) in [6, 6.07) is 20.8. The van der Waals surface area contributed by atoms with Gasteiger partial charge in [-0.05, 0) is 79.2 Å². The lowest BCUT2D eigenvalue weighted by Crippen LogP contribution is -2.30. The number of nitrogens with one attached hydrogen (secondary N) is 3. The zero-order valence-corrected chi connectivity index (χ0v) is 17.7. The predicted octanol–water partition coefficient (Wildman–Crippen LogP) is 4.79. The van der Waals surface area contributed by atoms with E-state index in [0.29, 0.717) is 22.9 Å². The summed E-state index contributed by atoms with van der Waals surface area (Å²) >= 11 is 5.34. The molecule has 7 heteroatoms. The summed E-state index contributed by atoms with van der Waals surface area (Å²) in [6.07, 6.45) is 0.771. The molecule has 31 heavy (non-hydrogen) atoms. The molecule has 0 fully saturated rings. The number of hydrogen-bond donors (Lipinski definition) is 3. The first-order chi connectivity index (χ1) is 15.0. The second-order valence-electron chi connectivity index (χ2n) is 6.90. The third kappa shape index (κ3) is 6.11. The van der Waals surface area contributed by atoms with Crippen molar-refractivity contribution in [2.75, 3.05) is 17.2 Å². The van der Waals surface area contributed by atoms with E-state index in [9.17, 15) is 9.18 Å². The minimum atomic E-state index is -0.562. The van der Waals surface area contributed by atoms with Crippen molar-refractivity contribution >= 4 is 34.6 Å². The lowest BCUT2D eigenvalue weighted by Gasteiger charge is -2.14. The van der Waals surface area contributed by atoms with Crippen molar-refractivity contribution in [1.82, 2.24) is 5.32 Å². The van der Waals surface area contributed by atoms with E-state index in [-0.39, 0.29) is 5.56 Å². The number of halogens is 1. The minimum Gasteiger partial charge on any atom is -0.362 e. The van der Waals surface area contributed by atoms with E-state index in [2.05, 4.69) is 22.0 Å². The van der Waals surface area contributed by atoms with Gasteiger partial charge in [0.25, 0.3) is 5.91 Å². The monoisotopic (exact) mass is 432 g/mol. The molecule has 0 radical (unpaired) electrons. The molecule has 0 aliphatic carbocycles. The number of carbonyl (C=O) groups is 1. The summed E-state index contributed by atoms with van der Waals surface area (Å²) in [4.78, 5) is 12.3. The van der Waals surface area contributed by atoms with E-state index in [0.717, 1.165) is 23.2 Å². The molecule has 0 heterocycles. The number of benzene rings is 3. The number of nitrogens with zero attached hydrogens (tertiary/aromatic N) is 1. The molecule has 3 N–H and O–H groups in total. The molecule has 0 unspecified atom stereocenters. The Kier molecular flexibility index (Phi) is 7.31. The van der Waals surface area contributed by atoms with Crippen LogP contribution in [0.2, 0.25) is 0 Å². The highest BCUT2D eigenvalue weighted by molar-refractivity contribution is 7.80. The molecule has 0 aliphatic rings. The fraction of sp³-hybridized carbons (Fsp3) is 0.125. The summed E-state index contributed by atoms with van der Waals surface area (Å²) in [7, 11) is 0. The van der Waals surface area contributed by atoms with Gasteiger partial charge in [0.2, 0.25) is 0 Å². The minimum absolute atomic E-state index is 0.00302. The number of nitriles is 1. The molecule has 3 rings (SSSR count). The summed E-state index contributed by atoms with van der Waals surface area (Å²) in [5.41, 5.74) is 3.93. The predicted molar refractivity (Wildman–Crippen MR) is 125 cm³/mol. The highest BCUT2D eigenvalue weighted by atomic mass is 32.1. The van der Waals surface area contributed by atoms with E-state index in [1.807, 2.05) is 25.1 Å². The van der Waals surface area contributed by atoms with Crippen LogP contribution in [0.5, 0.6) is 0 Å². The van der Waals surface area contributed by atoms with Gasteiger partial charge >= 0.3 is 0 Å². The average molecular weight is 433 g/mol. The first kappa shape index (κ1) is 21.9. The zero-order chi connectivity index (χ0) is 22.2.